The highest BCUT2D eigenvalue weighted by molar-refractivity contribution is 7.99. The van der Waals surface area contributed by atoms with Crippen molar-refractivity contribution in [3.8, 4) is 0 Å². The minimum absolute atomic E-state index is 0.0291. The zero-order chi connectivity index (χ0) is 13.7. The molecule has 1 saturated heterocycles. The Bertz CT molecular complexity index is 447. The Kier molecular flexibility index (Phi) is 5.52. The number of aryl methyl sites for hydroxylation is 1. The third kappa shape index (κ3) is 4.39. The summed E-state index contributed by atoms with van der Waals surface area (Å²) in [6, 6.07) is 3.80. The Morgan fingerprint density at radius 2 is 2.21 bits per heavy atom. The van der Waals surface area contributed by atoms with Crippen LogP contribution in [-0.4, -0.2) is 28.4 Å². The van der Waals surface area contributed by atoms with Crippen molar-refractivity contribution < 1.29 is 4.79 Å². The van der Waals surface area contributed by atoms with Crippen LogP contribution in [0.4, 0.5) is 0 Å². The van der Waals surface area contributed by atoms with Gasteiger partial charge in [-0.15, -0.1) is 0 Å². The van der Waals surface area contributed by atoms with E-state index >= 15 is 0 Å². The van der Waals surface area contributed by atoms with E-state index in [1.807, 2.05) is 17.8 Å². The maximum atomic E-state index is 12.2. The molecule has 0 bridgehead atoms. The van der Waals surface area contributed by atoms with E-state index in [9.17, 15) is 4.79 Å². The van der Waals surface area contributed by atoms with E-state index in [1.54, 1.807) is 6.07 Å². The Balaban J connectivity index is 2.05. The molecule has 104 valence electrons. The van der Waals surface area contributed by atoms with Gasteiger partial charge in [-0.3, -0.25) is 4.79 Å². The van der Waals surface area contributed by atoms with Crippen molar-refractivity contribution >= 4 is 29.3 Å². The van der Waals surface area contributed by atoms with Gasteiger partial charge in [0.2, 0.25) is 0 Å². The van der Waals surface area contributed by atoms with Gasteiger partial charge >= 0.3 is 0 Å². The Morgan fingerprint density at radius 3 is 2.89 bits per heavy atom. The van der Waals surface area contributed by atoms with Crippen molar-refractivity contribution in [3.05, 3.63) is 28.5 Å². The standard InChI is InChI=1S/C14H19ClN2OS/c1-2-3-12-8-10(9-13(15)16-12)14(18)17-11-4-6-19-7-5-11/h8-9,11H,2-7H2,1H3,(H,17,18). The van der Waals surface area contributed by atoms with E-state index in [2.05, 4.69) is 17.2 Å². The number of nitrogens with zero attached hydrogens (tertiary/aromatic N) is 1. The number of rotatable bonds is 4. The summed E-state index contributed by atoms with van der Waals surface area (Å²) in [4.78, 5) is 16.5. The number of carbonyl (C=O) groups is 1. The average Bonchev–Trinajstić information content (AvgIpc) is 2.39. The predicted octanol–water partition coefficient (Wildman–Crippen LogP) is 3.31. The molecule has 0 aromatic carbocycles. The lowest BCUT2D eigenvalue weighted by atomic mass is 10.1. The molecule has 1 N–H and O–H groups in total. The number of nitrogens with one attached hydrogen (secondary N) is 1. The molecule has 2 rings (SSSR count). The van der Waals surface area contributed by atoms with Crippen LogP contribution in [0.15, 0.2) is 12.1 Å². The summed E-state index contributed by atoms with van der Waals surface area (Å²) in [5.41, 5.74) is 1.51. The highest BCUT2D eigenvalue weighted by atomic mass is 35.5. The van der Waals surface area contributed by atoms with E-state index in [4.69, 9.17) is 11.6 Å². The summed E-state index contributed by atoms with van der Waals surface area (Å²) >= 11 is 7.93. The van der Waals surface area contributed by atoms with Gasteiger partial charge < -0.3 is 5.32 Å². The molecule has 0 radical (unpaired) electrons. The molecule has 1 amide bonds. The highest BCUT2D eigenvalue weighted by Crippen LogP contribution is 2.18. The van der Waals surface area contributed by atoms with E-state index in [0.717, 1.165) is 42.9 Å². The molecule has 2 heterocycles. The van der Waals surface area contributed by atoms with Gasteiger partial charge in [-0.2, -0.15) is 11.8 Å². The summed E-state index contributed by atoms with van der Waals surface area (Å²) < 4.78 is 0. The van der Waals surface area contributed by atoms with Crippen molar-refractivity contribution in [1.29, 1.82) is 0 Å². The van der Waals surface area contributed by atoms with Crippen LogP contribution in [0.1, 0.15) is 42.2 Å². The molecule has 3 nitrogen and oxygen atoms in total. The zero-order valence-electron chi connectivity index (χ0n) is 11.1. The quantitative estimate of drug-likeness (QED) is 0.867. The molecule has 0 saturated carbocycles. The number of carbonyl (C=O) groups excluding carboxylic acids is 1. The van der Waals surface area contributed by atoms with Crippen LogP contribution >= 0.6 is 23.4 Å². The van der Waals surface area contributed by atoms with Gasteiger partial charge in [-0.1, -0.05) is 24.9 Å². The van der Waals surface area contributed by atoms with Crippen molar-refractivity contribution in [2.75, 3.05) is 11.5 Å². The third-order valence-corrected chi connectivity index (χ3v) is 4.41. The maximum absolute atomic E-state index is 12.2. The van der Waals surface area contributed by atoms with Crippen LogP contribution in [0, 0.1) is 0 Å². The SMILES string of the molecule is CCCc1cc(C(=O)NC2CCSCC2)cc(Cl)n1. The first kappa shape index (κ1) is 14.7. The highest BCUT2D eigenvalue weighted by Gasteiger charge is 2.17. The Labute approximate surface area is 123 Å². The second-order valence-corrected chi connectivity index (χ2v) is 6.39. The number of pyridine rings is 1. The summed E-state index contributed by atoms with van der Waals surface area (Å²) in [5, 5.41) is 3.49. The van der Waals surface area contributed by atoms with Crippen molar-refractivity contribution in [1.82, 2.24) is 10.3 Å². The molecule has 0 spiro atoms. The van der Waals surface area contributed by atoms with Crippen molar-refractivity contribution in [2.24, 2.45) is 0 Å². The minimum Gasteiger partial charge on any atom is -0.349 e. The largest absolute Gasteiger partial charge is 0.349 e. The van der Waals surface area contributed by atoms with Crippen LogP contribution < -0.4 is 5.32 Å². The topological polar surface area (TPSA) is 42.0 Å². The first-order valence-corrected chi connectivity index (χ1v) is 8.27. The first-order valence-electron chi connectivity index (χ1n) is 6.74. The molecular formula is C14H19ClN2OS. The number of thioether (sulfide) groups is 1. The van der Waals surface area contributed by atoms with Gasteiger partial charge in [0.05, 0.1) is 0 Å². The fraction of sp³-hybridized carbons (Fsp3) is 0.571. The van der Waals surface area contributed by atoms with E-state index in [0.29, 0.717) is 16.8 Å². The van der Waals surface area contributed by atoms with Crippen LogP contribution in [0.5, 0.6) is 0 Å². The normalized spacial score (nSPS) is 16.3. The molecule has 1 fully saturated rings. The van der Waals surface area contributed by atoms with Gasteiger partial charge in [0, 0.05) is 17.3 Å². The maximum Gasteiger partial charge on any atom is 0.251 e. The number of amides is 1. The van der Waals surface area contributed by atoms with Gasteiger partial charge in [-0.25, -0.2) is 4.98 Å². The van der Waals surface area contributed by atoms with Crippen LogP contribution in [0.2, 0.25) is 5.15 Å². The van der Waals surface area contributed by atoms with Gasteiger partial charge in [0.1, 0.15) is 5.15 Å². The van der Waals surface area contributed by atoms with Crippen molar-refractivity contribution in [2.45, 2.75) is 38.6 Å². The first-order chi connectivity index (χ1) is 9.19. The molecular weight excluding hydrogens is 280 g/mol. The number of aromatic nitrogens is 1. The molecule has 0 atom stereocenters. The molecule has 19 heavy (non-hydrogen) atoms. The van der Waals surface area contributed by atoms with Crippen LogP contribution in [0.3, 0.4) is 0 Å². The predicted molar refractivity (Wildman–Crippen MR) is 81.1 cm³/mol. The lowest BCUT2D eigenvalue weighted by Gasteiger charge is -2.22. The molecule has 0 aliphatic carbocycles. The van der Waals surface area contributed by atoms with E-state index < -0.39 is 0 Å². The third-order valence-electron chi connectivity index (χ3n) is 3.17. The summed E-state index contributed by atoms with van der Waals surface area (Å²) in [5.74, 6) is 2.23. The van der Waals surface area contributed by atoms with Crippen LogP contribution in [-0.2, 0) is 6.42 Å². The molecule has 1 aromatic heterocycles. The van der Waals surface area contributed by atoms with Crippen LogP contribution in [0.25, 0.3) is 0 Å². The summed E-state index contributed by atoms with van der Waals surface area (Å²) in [6.07, 6.45) is 3.95. The lowest BCUT2D eigenvalue weighted by Crippen LogP contribution is -2.37. The average molecular weight is 299 g/mol. The smallest absolute Gasteiger partial charge is 0.251 e. The summed E-state index contributed by atoms with van der Waals surface area (Å²) in [7, 11) is 0. The molecule has 5 heteroatoms. The number of hydrogen-bond donors (Lipinski definition) is 1. The molecule has 1 aromatic rings. The zero-order valence-corrected chi connectivity index (χ0v) is 12.7. The summed E-state index contributed by atoms with van der Waals surface area (Å²) in [6.45, 7) is 2.09. The molecule has 1 aliphatic rings. The second kappa shape index (κ2) is 7.15. The fourth-order valence-corrected chi connectivity index (χ4v) is 3.51. The molecule has 1 aliphatic heterocycles. The molecule has 0 unspecified atom stereocenters. The number of hydrogen-bond acceptors (Lipinski definition) is 3. The Morgan fingerprint density at radius 1 is 1.47 bits per heavy atom. The van der Waals surface area contributed by atoms with Gasteiger partial charge in [0.15, 0.2) is 0 Å². The van der Waals surface area contributed by atoms with E-state index in [1.165, 1.54) is 0 Å². The van der Waals surface area contributed by atoms with Gasteiger partial charge in [-0.05, 0) is 42.9 Å². The minimum atomic E-state index is -0.0291. The second-order valence-electron chi connectivity index (χ2n) is 4.78. The fourth-order valence-electron chi connectivity index (χ4n) is 2.18. The van der Waals surface area contributed by atoms with Gasteiger partial charge in [0.25, 0.3) is 5.91 Å². The van der Waals surface area contributed by atoms with E-state index in [-0.39, 0.29) is 5.91 Å². The monoisotopic (exact) mass is 298 g/mol. The Hall–Kier alpha value is -0.740. The van der Waals surface area contributed by atoms with Crippen molar-refractivity contribution in [3.63, 3.8) is 0 Å². The lowest BCUT2D eigenvalue weighted by molar-refractivity contribution is 0.0934. The number of halogens is 1.